The Bertz CT molecular complexity index is 572. The van der Waals surface area contributed by atoms with Gasteiger partial charge in [-0.3, -0.25) is 4.98 Å². The van der Waals surface area contributed by atoms with Gasteiger partial charge in [0.25, 0.3) is 0 Å². The van der Waals surface area contributed by atoms with Gasteiger partial charge >= 0.3 is 0 Å². The number of hydrogen-bond donors (Lipinski definition) is 1. The molecular weight excluding hydrogens is 208 g/mol. The van der Waals surface area contributed by atoms with Crippen LogP contribution in [-0.4, -0.2) is 11.0 Å². The van der Waals surface area contributed by atoms with Gasteiger partial charge in [0.15, 0.2) is 0 Å². The fraction of sp³-hybridized carbons (Fsp3) is 0.267. The number of fused-ring (bicyclic) bond motifs is 1. The topological polar surface area (TPSA) is 38.9 Å². The lowest BCUT2D eigenvalue weighted by molar-refractivity contribution is 0.654. The molecule has 17 heavy (non-hydrogen) atoms. The summed E-state index contributed by atoms with van der Waals surface area (Å²) in [6, 6.07) is 10.8. The van der Waals surface area contributed by atoms with E-state index < -0.39 is 0 Å². The van der Waals surface area contributed by atoms with Crippen LogP contribution in [0.25, 0.3) is 16.5 Å². The van der Waals surface area contributed by atoms with Crippen molar-refractivity contribution >= 4 is 16.5 Å². The highest BCUT2D eigenvalue weighted by molar-refractivity contribution is 5.83. The summed E-state index contributed by atoms with van der Waals surface area (Å²) in [5.74, 6) is 0. The molecule has 1 aliphatic carbocycles. The zero-order valence-electron chi connectivity index (χ0n) is 9.76. The number of hydrogen-bond acceptors (Lipinski definition) is 2. The molecule has 2 N–H and O–H groups in total. The van der Waals surface area contributed by atoms with Crippen molar-refractivity contribution < 1.29 is 0 Å². The molecule has 86 valence electrons. The smallest absolute Gasteiger partial charge is 0.0708 e. The summed E-state index contributed by atoms with van der Waals surface area (Å²) in [6.45, 7) is 0. The van der Waals surface area contributed by atoms with Crippen LogP contribution in [-0.2, 0) is 0 Å². The predicted octanol–water partition coefficient (Wildman–Crippen LogP) is 3.13. The quantitative estimate of drug-likeness (QED) is 0.808. The maximum Gasteiger partial charge on any atom is 0.0708 e. The number of aromatic nitrogens is 1. The number of rotatable bonds is 1. The summed E-state index contributed by atoms with van der Waals surface area (Å²) in [5.41, 5.74) is 9.68. The summed E-state index contributed by atoms with van der Waals surface area (Å²) in [4.78, 5) is 4.40. The molecule has 2 aromatic rings. The molecule has 1 aliphatic rings. The van der Waals surface area contributed by atoms with Gasteiger partial charge in [0, 0.05) is 17.6 Å². The van der Waals surface area contributed by atoms with Crippen LogP contribution in [0.15, 0.2) is 42.6 Å². The monoisotopic (exact) mass is 224 g/mol. The van der Waals surface area contributed by atoms with E-state index in [1.54, 1.807) is 0 Å². The lowest BCUT2D eigenvalue weighted by Crippen LogP contribution is -2.19. The minimum Gasteiger partial charge on any atom is -0.324 e. The maximum absolute atomic E-state index is 5.98. The van der Waals surface area contributed by atoms with Crippen LogP contribution in [0.4, 0.5) is 0 Å². The van der Waals surface area contributed by atoms with E-state index in [0.717, 1.165) is 18.4 Å². The van der Waals surface area contributed by atoms with Crippen LogP contribution in [0.2, 0.25) is 0 Å². The Balaban J connectivity index is 2.06. The van der Waals surface area contributed by atoms with Crippen molar-refractivity contribution in [3.8, 4) is 0 Å². The fourth-order valence-electron chi connectivity index (χ4n) is 2.46. The molecule has 0 fully saturated rings. The predicted molar refractivity (Wildman–Crippen MR) is 71.5 cm³/mol. The normalized spacial score (nSPS) is 20.3. The number of nitrogens with two attached hydrogens (primary N) is 1. The molecule has 0 bridgehead atoms. The van der Waals surface area contributed by atoms with E-state index in [-0.39, 0.29) is 6.04 Å². The molecule has 1 atom stereocenters. The second-order valence-electron chi connectivity index (χ2n) is 4.66. The molecule has 1 aromatic heterocycles. The Hall–Kier alpha value is -1.67. The largest absolute Gasteiger partial charge is 0.324 e. The number of pyridine rings is 1. The van der Waals surface area contributed by atoms with E-state index in [1.165, 1.54) is 22.9 Å². The van der Waals surface area contributed by atoms with Crippen LogP contribution < -0.4 is 5.73 Å². The molecular formula is C15H16N2. The number of benzene rings is 1. The van der Waals surface area contributed by atoms with Gasteiger partial charge in [-0.1, -0.05) is 24.3 Å². The van der Waals surface area contributed by atoms with E-state index in [9.17, 15) is 0 Å². The highest BCUT2D eigenvalue weighted by Gasteiger charge is 2.11. The second kappa shape index (κ2) is 4.30. The third-order valence-corrected chi connectivity index (χ3v) is 3.38. The van der Waals surface area contributed by atoms with E-state index in [2.05, 4.69) is 35.3 Å². The van der Waals surface area contributed by atoms with Crippen LogP contribution in [0.3, 0.4) is 0 Å². The molecule has 0 saturated heterocycles. The van der Waals surface area contributed by atoms with Crippen LogP contribution >= 0.6 is 0 Å². The van der Waals surface area contributed by atoms with E-state index >= 15 is 0 Å². The second-order valence-corrected chi connectivity index (χ2v) is 4.66. The van der Waals surface area contributed by atoms with E-state index in [4.69, 9.17) is 5.73 Å². The summed E-state index contributed by atoms with van der Waals surface area (Å²) in [7, 11) is 0. The van der Waals surface area contributed by atoms with Crippen molar-refractivity contribution in [2.75, 3.05) is 0 Å². The van der Waals surface area contributed by atoms with Crippen LogP contribution in [0.5, 0.6) is 0 Å². The van der Waals surface area contributed by atoms with Gasteiger partial charge in [0.1, 0.15) is 0 Å². The van der Waals surface area contributed by atoms with Gasteiger partial charge in [-0.25, -0.2) is 0 Å². The Morgan fingerprint density at radius 1 is 1.24 bits per heavy atom. The average molecular weight is 224 g/mol. The molecule has 2 heteroatoms. The summed E-state index contributed by atoms with van der Waals surface area (Å²) in [5, 5.41) is 1.19. The molecule has 1 heterocycles. The molecule has 3 rings (SSSR count). The summed E-state index contributed by atoms with van der Waals surface area (Å²) in [6.07, 6.45) is 7.47. The molecule has 2 nitrogen and oxygen atoms in total. The number of allylic oxidation sites excluding steroid dienone is 1. The van der Waals surface area contributed by atoms with Gasteiger partial charge in [-0.2, -0.15) is 0 Å². The van der Waals surface area contributed by atoms with Crippen molar-refractivity contribution in [1.29, 1.82) is 0 Å². The van der Waals surface area contributed by atoms with Crippen molar-refractivity contribution in [3.05, 3.63) is 48.2 Å². The van der Waals surface area contributed by atoms with Gasteiger partial charge < -0.3 is 5.73 Å². The van der Waals surface area contributed by atoms with Gasteiger partial charge in [-0.15, -0.1) is 0 Å². The summed E-state index contributed by atoms with van der Waals surface area (Å²) < 4.78 is 0. The third-order valence-electron chi connectivity index (χ3n) is 3.38. The highest BCUT2D eigenvalue weighted by atomic mass is 14.6. The first kappa shape index (κ1) is 10.5. The van der Waals surface area contributed by atoms with Gasteiger partial charge in [0.05, 0.1) is 5.52 Å². The molecule has 1 aromatic carbocycles. The van der Waals surface area contributed by atoms with Gasteiger partial charge in [-0.05, 0) is 42.5 Å². The van der Waals surface area contributed by atoms with Crippen LogP contribution in [0.1, 0.15) is 24.8 Å². The minimum absolute atomic E-state index is 0.221. The first-order valence-corrected chi connectivity index (χ1v) is 6.14. The first-order chi connectivity index (χ1) is 8.33. The van der Waals surface area contributed by atoms with Crippen molar-refractivity contribution in [3.63, 3.8) is 0 Å². The average Bonchev–Trinajstić information content (AvgIpc) is 2.38. The van der Waals surface area contributed by atoms with Gasteiger partial charge in [0.2, 0.25) is 0 Å². The zero-order valence-corrected chi connectivity index (χ0v) is 9.76. The van der Waals surface area contributed by atoms with Crippen molar-refractivity contribution in [2.45, 2.75) is 25.3 Å². The van der Waals surface area contributed by atoms with E-state index in [1.807, 2.05) is 12.3 Å². The Morgan fingerprint density at radius 3 is 3.06 bits per heavy atom. The zero-order chi connectivity index (χ0) is 11.7. The van der Waals surface area contributed by atoms with E-state index in [0.29, 0.717) is 0 Å². The number of nitrogens with zero attached hydrogens (tertiary/aromatic N) is 1. The van der Waals surface area contributed by atoms with Crippen LogP contribution in [0, 0.1) is 0 Å². The molecule has 0 amide bonds. The van der Waals surface area contributed by atoms with Crippen molar-refractivity contribution in [2.24, 2.45) is 5.73 Å². The Kier molecular flexibility index (Phi) is 2.65. The Morgan fingerprint density at radius 2 is 2.18 bits per heavy atom. The maximum atomic E-state index is 5.98. The lowest BCUT2D eigenvalue weighted by Gasteiger charge is -2.18. The lowest BCUT2D eigenvalue weighted by atomic mass is 9.91. The molecule has 0 saturated carbocycles. The Labute approximate surface area is 101 Å². The molecule has 1 unspecified atom stereocenters. The molecule has 0 spiro atoms. The fourth-order valence-corrected chi connectivity index (χ4v) is 2.46. The van der Waals surface area contributed by atoms with Crippen molar-refractivity contribution in [1.82, 2.24) is 4.98 Å². The first-order valence-electron chi connectivity index (χ1n) is 6.14. The summed E-state index contributed by atoms with van der Waals surface area (Å²) >= 11 is 0. The molecule has 0 aliphatic heterocycles. The molecule has 0 radical (unpaired) electrons. The minimum atomic E-state index is 0.221. The SMILES string of the molecule is NC1C=C(c2ccc3cccnc3c2)CCC1. The standard InChI is InChI=1S/C15H16N2/c16-14-5-1-3-12(9-14)13-7-6-11-4-2-8-17-15(11)10-13/h2,4,6-10,14H,1,3,5,16H2. The highest BCUT2D eigenvalue weighted by Crippen LogP contribution is 2.27. The third kappa shape index (κ3) is 2.08.